The van der Waals surface area contributed by atoms with E-state index < -0.39 is 5.97 Å². The van der Waals surface area contributed by atoms with Crippen LogP contribution >= 0.6 is 0 Å². The van der Waals surface area contributed by atoms with Gasteiger partial charge < -0.3 is 10.0 Å². The molecule has 1 aliphatic heterocycles. The third-order valence-corrected chi connectivity index (χ3v) is 4.49. The first-order chi connectivity index (χ1) is 8.05. The first kappa shape index (κ1) is 12.4. The molecule has 1 heterocycles. The van der Waals surface area contributed by atoms with Crippen LogP contribution in [0.15, 0.2) is 0 Å². The van der Waals surface area contributed by atoms with Crippen LogP contribution in [0.25, 0.3) is 0 Å². The van der Waals surface area contributed by atoms with Crippen molar-refractivity contribution in [1.29, 1.82) is 0 Å². The van der Waals surface area contributed by atoms with Crippen molar-refractivity contribution < 1.29 is 14.7 Å². The van der Waals surface area contributed by atoms with E-state index >= 15 is 0 Å². The third-order valence-electron chi connectivity index (χ3n) is 4.49. The van der Waals surface area contributed by atoms with Crippen molar-refractivity contribution >= 4 is 11.9 Å². The second-order valence-electron chi connectivity index (χ2n) is 5.57. The van der Waals surface area contributed by atoms with Crippen LogP contribution in [0.5, 0.6) is 0 Å². The van der Waals surface area contributed by atoms with Crippen LogP contribution in [0.3, 0.4) is 0 Å². The van der Waals surface area contributed by atoms with Crippen LogP contribution in [-0.2, 0) is 9.59 Å². The highest BCUT2D eigenvalue weighted by Crippen LogP contribution is 2.46. The minimum atomic E-state index is -0.726. The van der Waals surface area contributed by atoms with Crippen molar-refractivity contribution in [3.63, 3.8) is 0 Å². The molecule has 0 bridgehead atoms. The van der Waals surface area contributed by atoms with Crippen molar-refractivity contribution in [2.75, 3.05) is 13.1 Å². The normalized spacial score (nSPS) is 28.1. The Bertz CT molecular complexity index is 319. The largest absolute Gasteiger partial charge is 0.481 e. The number of hydrogen-bond donors (Lipinski definition) is 1. The van der Waals surface area contributed by atoms with Gasteiger partial charge in [-0.3, -0.25) is 9.59 Å². The molecule has 1 spiro atoms. The van der Waals surface area contributed by atoms with Crippen molar-refractivity contribution in [3.05, 3.63) is 0 Å². The lowest BCUT2D eigenvalue weighted by Crippen LogP contribution is -2.34. The summed E-state index contributed by atoms with van der Waals surface area (Å²) in [5, 5.41) is 9.38. The van der Waals surface area contributed by atoms with Gasteiger partial charge in [0.15, 0.2) is 0 Å². The molecular formula is C13H21NO3. The summed E-state index contributed by atoms with van der Waals surface area (Å²) in [6, 6.07) is 0. The van der Waals surface area contributed by atoms with Gasteiger partial charge in [-0.15, -0.1) is 0 Å². The fourth-order valence-electron chi connectivity index (χ4n) is 3.49. The van der Waals surface area contributed by atoms with Gasteiger partial charge in [-0.25, -0.2) is 0 Å². The van der Waals surface area contributed by atoms with Crippen LogP contribution in [0, 0.1) is 11.3 Å². The Morgan fingerprint density at radius 2 is 1.76 bits per heavy atom. The molecule has 2 fully saturated rings. The molecule has 1 atom stereocenters. The first-order valence-electron chi connectivity index (χ1n) is 6.53. The molecule has 2 aliphatic rings. The number of hydrogen-bond acceptors (Lipinski definition) is 2. The number of carboxylic acids is 1. The zero-order chi connectivity index (χ0) is 12.5. The summed E-state index contributed by atoms with van der Waals surface area (Å²) >= 11 is 0. The maximum Gasteiger partial charge on any atom is 0.308 e. The highest BCUT2D eigenvalue weighted by Gasteiger charge is 2.50. The quantitative estimate of drug-likeness (QED) is 0.760. The number of amides is 1. The molecule has 1 amide bonds. The smallest absolute Gasteiger partial charge is 0.308 e. The van der Waals surface area contributed by atoms with Gasteiger partial charge in [-0.2, -0.15) is 0 Å². The van der Waals surface area contributed by atoms with E-state index in [-0.39, 0.29) is 17.2 Å². The van der Waals surface area contributed by atoms with E-state index in [1.165, 1.54) is 19.8 Å². The number of rotatable bonds is 1. The predicted molar refractivity (Wildman–Crippen MR) is 63.5 cm³/mol. The van der Waals surface area contributed by atoms with E-state index in [0.29, 0.717) is 13.1 Å². The fraction of sp³-hybridized carbons (Fsp3) is 0.846. The van der Waals surface area contributed by atoms with Crippen LogP contribution in [0.1, 0.15) is 45.4 Å². The van der Waals surface area contributed by atoms with Crippen LogP contribution in [0.2, 0.25) is 0 Å². The van der Waals surface area contributed by atoms with Gasteiger partial charge in [0.25, 0.3) is 0 Å². The minimum absolute atomic E-state index is 0.0115. The maximum absolute atomic E-state index is 11.5. The molecule has 0 aromatic carbocycles. The monoisotopic (exact) mass is 239 g/mol. The molecule has 0 aromatic rings. The van der Waals surface area contributed by atoms with E-state index in [4.69, 9.17) is 0 Å². The van der Waals surface area contributed by atoms with Gasteiger partial charge in [0, 0.05) is 25.4 Å². The summed E-state index contributed by atoms with van der Waals surface area (Å²) < 4.78 is 0. The fourth-order valence-corrected chi connectivity index (χ4v) is 3.49. The molecule has 96 valence electrons. The molecule has 1 saturated heterocycles. The van der Waals surface area contributed by atoms with Crippen LogP contribution in [-0.4, -0.2) is 35.0 Å². The lowest BCUT2D eigenvalue weighted by Gasteiger charge is -2.31. The maximum atomic E-state index is 11.5. The lowest BCUT2D eigenvalue weighted by atomic mass is 9.72. The second kappa shape index (κ2) is 4.67. The Labute approximate surface area is 102 Å². The summed E-state index contributed by atoms with van der Waals surface area (Å²) in [5.74, 6) is -1.07. The number of carbonyl (C=O) groups excluding carboxylic acids is 1. The van der Waals surface area contributed by atoms with Crippen molar-refractivity contribution in [3.8, 4) is 0 Å². The highest BCUT2D eigenvalue weighted by atomic mass is 16.4. The molecule has 1 saturated carbocycles. The van der Waals surface area contributed by atoms with Crippen LogP contribution < -0.4 is 0 Å². The molecule has 4 heteroatoms. The average molecular weight is 239 g/mol. The summed E-state index contributed by atoms with van der Waals surface area (Å²) in [6.45, 7) is 2.60. The van der Waals surface area contributed by atoms with Gasteiger partial charge in [0.05, 0.1) is 5.92 Å². The van der Waals surface area contributed by atoms with E-state index in [2.05, 4.69) is 0 Å². The zero-order valence-corrected chi connectivity index (χ0v) is 10.4. The van der Waals surface area contributed by atoms with E-state index in [1.807, 2.05) is 0 Å². The first-order valence-corrected chi connectivity index (χ1v) is 6.53. The molecule has 17 heavy (non-hydrogen) atoms. The topological polar surface area (TPSA) is 57.6 Å². The standard InChI is InChI=1S/C13H21NO3/c1-10(15)14-8-11(12(16)17)13(9-14)6-4-2-3-5-7-13/h11H,2-9H2,1H3,(H,16,17). The minimum Gasteiger partial charge on any atom is -0.481 e. The molecule has 0 radical (unpaired) electrons. The van der Waals surface area contributed by atoms with Gasteiger partial charge >= 0.3 is 5.97 Å². The number of nitrogens with zero attached hydrogens (tertiary/aromatic N) is 1. The van der Waals surface area contributed by atoms with Crippen molar-refractivity contribution in [2.24, 2.45) is 11.3 Å². The third kappa shape index (κ3) is 2.31. The number of carbonyl (C=O) groups is 2. The number of likely N-dealkylation sites (tertiary alicyclic amines) is 1. The zero-order valence-electron chi connectivity index (χ0n) is 10.4. The highest BCUT2D eigenvalue weighted by molar-refractivity contribution is 5.77. The Morgan fingerprint density at radius 3 is 2.24 bits per heavy atom. The van der Waals surface area contributed by atoms with Gasteiger partial charge in [0.1, 0.15) is 0 Å². The molecule has 4 nitrogen and oxygen atoms in total. The van der Waals surface area contributed by atoms with Crippen molar-refractivity contribution in [1.82, 2.24) is 4.90 Å². The number of aliphatic carboxylic acids is 1. The second-order valence-corrected chi connectivity index (χ2v) is 5.57. The molecule has 1 aliphatic carbocycles. The van der Waals surface area contributed by atoms with Gasteiger partial charge in [0.2, 0.25) is 5.91 Å². The Balaban J connectivity index is 2.22. The molecule has 0 aromatic heterocycles. The SMILES string of the molecule is CC(=O)N1CC(C(=O)O)C2(CCCCCC2)C1. The number of carboxylic acid groups (broad SMARTS) is 1. The summed E-state index contributed by atoms with van der Waals surface area (Å²) in [4.78, 5) is 24.6. The molecule has 1 N–H and O–H groups in total. The molecular weight excluding hydrogens is 218 g/mol. The van der Waals surface area contributed by atoms with E-state index in [1.54, 1.807) is 4.90 Å². The summed E-state index contributed by atoms with van der Waals surface area (Å²) in [6.07, 6.45) is 6.55. The Kier molecular flexibility index (Phi) is 3.40. The average Bonchev–Trinajstić information content (AvgIpc) is 2.47. The van der Waals surface area contributed by atoms with Crippen LogP contribution in [0.4, 0.5) is 0 Å². The lowest BCUT2D eigenvalue weighted by molar-refractivity contribution is -0.145. The predicted octanol–water partition coefficient (Wildman–Crippen LogP) is 1.89. The van der Waals surface area contributed by atoms with Crippen molar-refractivity contribution in [2.45, 2.75) is 45.4 Å². The Morgan fingerprint density at radius 1 is 1.18 bits per heavy atom. The summed E-state index contributed by atoms with van der Waals surface area (Å²) in [5.41, 5.74) is -0.145. The molecule has 2 rings (SSSR count). The van der Waals surface area contributed by atoms with E-state index in [0.717, 1.165) is 25.7 Å². The van der Waals surface area contributed by atoms with Gasteiger partial charge in [-0.05, 0) is 12.8 Å². The van der Waals surface area contributed by atoms with E-state index in [9.17, 15) is 14.7 Å². The summed E-state index contributed by atoms with van der Waals surface area (Å²) in [7, 11) is 0. The molecule has 1 unspecified atom stereocenters. The Hall–Kier alpha value is -1.06. The van der Waals surface area contributed by atoms with Gasteiger partial charge in [-0.1, -0.05) is 25.7 Å².